The number of ether oxygens (including phenoxy) is 1. The molecular formula is C18H19FN2O. The van der Waals surface area contributed by atoms with Crippen molar-refractivity contribution in [3.05, 3.63) is 66.2 Å². The molecule has 2 aromatic carbocycles. The van der Waals surface area contributed by atoms with E-state index in [1.54, 1.807) is 6.07 Å². The van der Waals surface area contributed by atoms with Crippen molar-refractivity contribution < 1.29 is 9.13 Å². The molecule has 2 aromatic rings. The Morgan fingerprint density at radius 2 is 2.05 bits per heavy atom. The highest BCUT2D eigenvalue weighted by molar-refractivity contribution is 5.73. The topological polar surface area (TPSA) is 24.5 Å². The maximum absolute atomic E-state index is 13.8. The molecule has 1 N–H and O–H groups in total. The van der Waals surface area contributed by atoms with Crippen molar-refractivity contribution >= 4 is 0 Å². The van der Waals surface area contributed by atoms with Gasteiger partial charge in [0.1, 0.15) is 11.6 Å². The minimum absolute atomic E-state index is 0.236. The third-order valence-electron chi connectivity index (χ3n) is 3.62. The molecular weight excluding hydrogens is 279 g/mol. The monoisotopic (exact) mass is 298 g/mol. The molecule has 22 heavy (non-hydrogen) atoms. The summed E-state index contributed by atoms with van der Waals surface area (Å²) in [7, 11) is 0. The molecule has 0 saturated carbocycles. The van der Waals surface area contributed by atoms with Crippen LogP contribution in [0.1, 0.15) is 12.5 Å². The molecule has 0 saturated heterocycles. The average Bonchev–Trinajstić information content (AvgIpc) is 3.03. The van der Waals surface area contributed by atoms with Gasteiger partial charge in [0.05, 0.1) is 13.3 Å². The molecule has 0 bridgehead atoms. The van der Waals surface area contributed by atoms with E-state index in [-0.39, 0.29) is 5.82 Å². The molecule has 0 amide bonds. The first-order chi connectivity index (χ1) is 10.8. The molecule has 0 radical (unpaired) electrons. The van der Waals surface area contributed by atoms with Crippen molar-refractivity contribution in [2.24, 2.45) is 0 Å². The van der Waals surface area contributed by atoms with Gasteiger partial charge in [0.15, 0.2) is 0 Å². The molecule has 3 rings (SSSR count). The maximum atomic E-state index is 13.8. The molecule has 0 aliphatic carbocycles. The van der Waals surface area contributed by atoms with E-state index in [1.807, 2.05) is 49.7 Å². The Morgan fingerprint density at radius 3 is 2.82 bits per heavy atom. The SMILES string of the molecule is CCOc1ccccc1-c1cc(F)ccc1CN1C=CNC1. The molecule has 0 aromatic heterocycles. The summed E-state index contributed by atoms with van der Waals surface area (Å²) >= 11 is 0. The van der Waals surface area contributed by atoms with E-state index in [4.69, 9.17) is 4.74 Å². The average molecular weight is 298 g/mol. The lowest BCUT2D eigenvalue weighted by Crippen LogP contribution is -2.20. The Balaban J connectivity index is 2.01. The zero-order valence-corrected chi connectivity index (χ0v) is 12.6. The molecule has 1 aliphatic rings. The lowest BCUT2D eigenvalue weighted by molar-refractivity contribution is 0.341. The number of rotatable bonds is 5. The summed E-state index contributed by atoms with van der Waals surface area (Å²) in [4.78, 5) is 2.14. The normalized spacial score (nSPS) is 13.3. The molecule has 3 nitrogen and oxygen atoms in total. The first-order valence-electron chi connectivity index (χ1n) is 7.42. The Kier molecular flexibility index (Phi) is 4.28. The van der Waals surface area contributed by atoms with Gasteiger partial charge in [-0.15, -0.1) is 0 Å². The standard InChI is InChI=1S/C18H19FN2O/c1-2-22-18-6-4-3-5-16(18)17-11-15(19)8-7-14(17)12-21-10-9-20-13-21/h3-11,20H,2,12-13H2,1H3. The molecule has 0 atom stereocenters. The van der Waals surface area contributed by atoms with Gasteiger partial charge in [0.2, 0.25) is 0 Å². The summed E-state index contributed by atoms with van der Waals surface area (Å²) in [5, 5.41) is 3.14. The van der Waals surface area contributed by atoms with Crippen LogP contribution in [-0.4, -0.2) is 18.2 Å². The van der Waals surface area contributed by atoms with Gasteiger partial charge in [0.25, 0.3) is 0 Å². The fraction of sp³-hybridized carbons (Fsp3) is 0.222. The van der Waals surface area contributed by atoms with E-state index >= 15 is 0 Å². The summed E-state index contributed by atoms with van der Waals surface area (Å²) in [5.41, 5.74) is 2.88. The van der Waals surface area contributed by atoms with E-state index in [0.717, 1.165) is 35.7 Å². The lowest BCUT2D eigenvalue weighted by Gasteiger charge is -2.19. The van der Waals surface area contributed by atoms with Crippen molar-refractivity contribution in [3.8, 4) is 16.9 Å². The Hall–Kier alpha value is -2.49. The Labute approximate surface area is 130 Å². The highest BCUT2D eigenvalue weighted by atomic mass is 19.1. The number of para-hydroxylation sites is 1. The molecule has 1 heterocycles. The number of halogens is 1. The second-order valence-electron chi connectivity index (χ2n) is 5.16. The zero-order chi connectivity index (χ0) is 15.4. The van der Waals surface area contributed by atoms with Crippen LogP contribution in [0, 0.1) is 5.82 Å². The summed E-state index contributed by atoms with van der Waals surface area (Å²) in [6.45, 7) is 4.02. The van der Waals surface area contributed by atoms with Crippen LogP contribution in [-0.2, 0) is 6.54 Å². The summed E-state index contributed by atoms with van der Waals surface area (Å²) in [6.07, 6.45) is 3.92. The predicted molar refractivity (Wildman–Crippen MR) is 85.7 cm³/mol. The Bertz CT molecular complexity index is 685. The van der Waals surface area contributed by atoms with Crippen LogP contribution in [0.15, 0.2) is 54.9 Å². The molecule has 1 aliphatic heterocycles. The number of hydrogen-bond donors (Lipinski definition) is 1. The van der Waals surface area contributed by atoms with Crippen molar-refractivity contribution in [1.29, 1.82) is 0 Å². The summed E-state index contributed by atoms with van der Waals surface area (Å²) in [6, 6.07) is 12.7. The Morgan fingerprint density at radius 1 is 1.18 bits per heavy atom. The molecule has 114 valence electrons. The minimum atomic E-state index is -0.236. The molecule has 0 fully saturated rings. The van der Waals surface area contributed by atoms with Gasteiger partial charge in [-0.1, -0.05) is 24.3 Å². The van der Waals surface area contributed by atoms with Gasteiger partial charge in [-0.2, -0.15) is 0 Å². The van der Waals surface area contributed by atoms with Gasteiger partial charge in [-0.25, -0.2) is 4.39 Å². The van der Waals surface area contributed by atoms with Crippen molar-refractivity contribution in [2.45, 2.75) is 13.5 Å². The van der Waals surface area contributed by atoms with Crippen molar-refractivity contribution in [2.75, 3.05) is 13.3 Å². The van der Waals surface area contributed by atoms with Crippen LogP contribution in [0.4, 0.5) is 4.39 Å². The third kappa shape index (κ3) is 3.06. The fourth-order valence-electron chi connectivity index (χ4n) is 2.62. The number of nitrogens with one attached hydrogen (secondary N) is 1. The first kappa shape index (κ1) is 14.4. The van der Waals surface area contributed by atoms with Crippen LogP contribution < -0.4 is 10.1 Å². The van der Waals surface area contributed by atoms with Crippen molar-refractivity contribution in [3.63, 3.8) is 0 Å². The number of hydrogen-bond acceptors (Lipinski definition) is 3. The van der Waals surface area contributed by atoms with Crippen LogP contribution in [0.25, 0.3) is 11.1 Å². The molecule has 0 unspecified atom stereocenters. The zero-order valence-electron chi connectivity index (χ0n) is 12.6. The van der Waals surface area contributed by atoms with Gasteiger partial charge in [-0.05, 0) is 36.2 Å². The maximum Gasteiger partial charge on any atom is 0.127 e. The third-order valence-corrected chi connectivity index (χ3v) is 3.62. The predicted octanol–water partition coefficient (Wildman–Crippen LogP) is 3.73. The smallest absolute Gasteiger partial charge is 0.127 e. The van der Waals surface area contributed by atoms with E-state index in [0.29, 0.717) is 6.61 Å². The van der Waals surface area contributed by atoms with Gasteiger partial charge in [-0.3, -0.25) is 0 Å². The van der Waals surface area contributed by atoms with E-state index in [1.165, 1.54) is 6.07 Å². The van der Waals surface area contributed by atoms with Crippen LogP contribution >= 0.6 is 0 Å². The van der Waals surface area contributed by atoms with Gasteiger partial charge in [0, 0.05) is 24.5 Å². The first-order valence-corrected chi connectivity index (χ1v) is 7.42. The van der Waals surface area contributed by atoms with E-state index in [9.17, 15) is 4.39 Å². The summed E-state index contributed by atoms with van der Waals surface area (Å²) in [5.74, 6) is 0.548. The van der Waals surface area contributed by atoms with Crippen LogP contribution in [0.2, 0.25) is 0 Å². The van der Waals surface area contributed by atoms with E-state index < -0.39 is 0 Å². The second-order valence-corrected chi connectivity index (χ2v) is 5.16. The van der Waals surface area contributed by atoms with Gasteiger partial charge < -0.3 is 15.0 Å². The van der Waals surface area contributed by atoms with Crippen molar-refractivity contribution in [1.82, 2.24) is 10.2 Å². The number of benzene rings is 2. The highest BCUT2D eigenvalue weighted by Gasteiger charge is 2.14. The summed E-state index contributed by atoms with van der Waals surface area (Å²) < 4.78 is 19.5. The second kappa shape index (κ2) is 6.52. The minimum Gasteiger partial charge on any atom is -0.493 e. The number of nitrogens with zero attached hydrogens (tertiary/aromatic N) is 1. The highest BCUT2D eigenvalue weighted by Crippen LogP contribution is 2.33. The van der Waals surface area contributed by atoms with Crippen LogP contribution in [0.3, 0.4) is 0 Å². The van der Waals surface area contributed by atoms with Gasteiger partial charge >= 0.3 is 0 Å². The largest absolute Gasteiger partial charge is 0.493 e. The molecule has 4 heteroatoms. The fourth-order valence-corrected chi connectivity index (χ4v) is 2.62. The molecule has 0 spiro atoms. The van der Waals surface area contributed by atoms with Crippen LogP contribution in [0.5, 0.6) is 5.75 Å². The quantitative estimate of drug-likeness (QED) is 0.910. The lowest BCUT2D eigenvalue weighted by atomic mass is 9.98. The van der Waals surface area contributed by atoms with E-state index in [2.05, 4.69) is 10.2 Å².